The van der Waals surface area contributed by atoms with Crippen LogP contribution in [0.15, 0.2) is 102 Å². The number of nitrogens with zero attached hydrogens (tertiary/aromatic N) is 1. The minimum atomic E-state index is -3.34. The van der Waals surface area contributed by atoms with Crippen molar-refractivity contribution in [3.8, 4) is 34.1 Å². The number of rotatable bonds is 23. The van der Waals surface area contributed by atoms with Crippen LogP contribution in [0.4, 0.5) is 5.69 Å². The molecule has 332 valence electrons. The van der Waals surface area contributed by atoms with E-state index in [2.05, 4.69) is 17.6 Å². The number of piperidine rings is 1. The van der Waals surface area contributed by atoms with Crippen LogP contribution in [0.2, 0.25) is 0 Å². The predicted molar refractivity (Wildman–Crippen MR) is 238 cm³/mol. The molecule has 2 N–H and O–H groups in total. The third kappa shape index (κ3) is 11.9. The van der Waals surface area contributed by atoms with Gasteiger partial charge in [-0.1, -0.05) is 37.6 Å². The van der Waals surface area contributed by atoms with Gasteiger partial charge >= 0.3 is 0 Å². The Kier molecular flexibility index (Phi) is 15.3. The van der Waals surface area contributed by atoms with Gasteiger partial charge in [-0.3, -0.25) is 19.7 Å². The van der Waals surface area contributed by atoms with E-state index in [9.17, 15) is 22.8 Å². The maximum absolute atomic E-state index is 13.1. The molecule has 0 radical (unpaired) electrons. The lowest BCUT2D eigenvalue weighted by atomic mass is 9.99. The Bertz CT molecular complexity index is 2490. The van der Waals surface area contributed by atoms with Gasteiger partial charge in [-0.25, -0.2) is 8.42 Å². The zero-order valence-corrected chi connectivity index (χ0v) is 36.4. The summed E-state index contributed by atoms with van der Waals surface area (Å²) in [5.41, 5.74) is 3.84. The van der Waals surface area contributed by atoms with Gasteiger partial charge in [0.2, 0.25) is 11.8 Å². The monoisotopic (exact) mass is 879 g/mol. The van der Waals surface area contributed by atoms with Crippen molar-refractivity contribution in [1.82, 2.24) is 10.2 Å². The van der Waals surface area contributed by atoms with E-state index >= 15 is 0 Å². The summed E-state index contributed by atoms with van der Waals surface area (Å²) in [5.74, 6) is 1.77. The molecular weight excluding hydrogens is 827 g/mol. The van der Waals surface area contributed by atoms with Crippen molar-refractivity contribution in [2.75, 3.05) is 71.0 Å². The Labute approximate surface area is 367 Å². The fourth-order valence-electron chi connectivity index (χ4n) is 7.34. The zero-order valence-electron chi connectivity index (χ0n) is 35.6. The van der Waals surface area contributed by atoms with Crippen molar-refractivity contribution in [1.29, 1.82) is 0 Å². The first-order valence-corrected chi connectivity index (χ1v) is 23.1. The minimum absolute atomic E-state index is 0.207. The lowest BCUT2D eigenvalue weighted by molar-refractivity contribution is -0.136. The summed E-state index contributed by atoms with van der Waals surface area (Å²) < 4.78 is 59.6. The molecule has 0 bridgehead atoms. The Hall–Kier alpha value is -6.00. The van der Waals surface area contributed by atoms with Crippen molar-refractivity contribution in [3.05, 3.63) is 108 Å². The van der Waals surface area contributed by atoms with Crippen LogP contribution < -0.4 is 24.8 Å². The number of benzene rings is 5. The Morgan fingerprint density at radius 3 is 2.11 bits per heavy atom. The molecule has 15 heteroatoms. The fraction of sp³-hybridized carbons (Fsp3) is 0.354. The number of ether oxygens (including phenoxy) is 6. The Morgan fingerprint density at radius 2 is 1.40 bits per heavy atom. The maximum Gasteiger partial charge on any atom is 0.255 e. The average Bonchev–Trinajstić information content (AvgIpc) is 3.60. The molecule has 5 aromatic rings. The first-order chi connectivity index (χ1) is 30.6. The number of carbonyl (C=O) groups excluding carboxylic acids is 3. The van der Waals surface area contributed by atoms with Gasteiger partial charge in [0, 0.05) is 48.0 Å². The molecule has 0 aliphatic carbocycles. The topological polar surface area (TPSA) is 168 Å². The molecular formula is C48H53N3O11S. The smallest absolute Gasteiger partial charge is 0.255 e. The molecule has 1 unspecified atom stereocenters. The van der Waals surface area contributed by atoms with E-state index in [1.807, 2.05) is 66.7 Å². The summed E-state index contributed by atoms with van der Waals surface area (Å²) in [4.78, 5) is 38.7. The SMILES string of the molecule is CCCCOc1ccc2c(Oc3ccc(OCCOCCOCCOCCNc4ccc5c(c4)C(=O)N(C4CCC(=O)NC4=O)C5)cc3)c(-c3ccc(S(C)(=O)=O)cc3)ccc2c1. The van der Waals surface area contributed by atoms with Gasteiger partial charge < -0.3 is 38.6 Å². The summed E-state index contributed by atoms with van der Waals surface area (Å²) >= 11 is 0. The maximum atomic E-state index is 13.1. The van der Waals surface area contributed by atoms with Crippen LogP contribution in [0.5, 0.6) is 23.0 Å². The highest BCUT2D eigenvalue weighted by molar-refractivity contribution is 7.90. The van der Waals surface area contributed by atoms with E-state index in [0.29, 0.717) is 95.2 Å². The molecule has 7 rings (SSSR count). The van der Waals surface area contributed by atoms with E-state index in [1.165, 1.54) is 11.2 Å². The second kappa shape index (κ2) is 21.4. The summed E-state index contributed by atoms with van der Waals surface area (Å²) in [6.45, 7) is 6.50. The molecule has 1 atom stereocenters. The first-order valence-electron chi connectivity index (χ1n) is 21.2. The molecule has 0 saturated carbocycles. The van der Waals surface area contributed by atoms with Gasteiger partial charge in [0.15, 0.2) is 9.84 Å². The zero-order chi connectivity index (χ0) is 44.2. The highest BCUT2D eigenvalue weighted by atomic mass is 32.2. The third-order valence-corrected chi connectivity index (χ3v) is 11.8. The normalized spacial score (nSPS) is 15.0. The van der Waals surface area contributed by atoms with Crippen molar-refractivity contribution < 1.29 is 51.2 Å². The third-order valence-electron chi connectivity index (χ3n) is 10.7. The van der Waals surface area contributed by atoms with Gasteiger partial charge in [0.1, 0.15) is 35.6 Å². The number of hydrogen-bond donors (Lipinski definition) is 2. The van der Waals surface area contributed by atoms with Crippen LogP contribution in [0.1, 0.15) is 48.5 Å². The van der Waals surface area contributed by atoms with Gasteiger partial charge in [-0.05, 0) is 102 Å². The number of sulfone groups is 1. The molecule has 63 heavy (non-hydrogen) atoms. The van der Waals surface area contributed by atoms with E-state index in [-0.39, 0.29) is 23.1 Å². The summed E-state index contributed by atoms with van der Waals surface area (Å²) in [6, 6.07) is 29.0. The Morgan fingerprint density at radius 1 is 0.714 bits per heavy atom. The molecule has 2 aliphatic rings. The highest BCUT2D eigenvalue weighted by Gasteiger charge is 2.39. The van der Waals surface area contributed by atoms with Gasteiger partial charge in [-0.15, -0.1) is 0 Å². The van der Waals surface area contributed by atoms with Crippen molar-refractivity contribution >= 4 is 44.0 Å². The van der Waals surface area contributed by atoms with Gasteiger partial charge in [-0.2, -0.15) is 0 Å². The lowest BCUT2D eigenvalue weighted by Crippen LogP contribution is -2.52. The predicted octanol–water partition coefficient (Wildman–Crippen LogP) is 7.18. The number of imide groups is 1. The molecule has 0 aromatic heterocycles. The number of fused-ring (bicyclic) bond motifs is 2. The van der Waals surface area contributed by atoms with Crippen LogP contribution in [0.25, 0.3) is 21.9 Å². The molecule has 1 saturated heterocycles. The second-order valence-electron chi connectivity index (χ2n) is 15.3. The minimum Gasteiger partial charge on any atom is -0.494 e. The molecule has 2 heterocycles. The number of nitrogens with one attached hydrogen (secondary N) is 2. The van der Waals surface area contributed by atoms with Crippen molar-refractivity contribution in [2.24, 2.45) is 0 Å². The summed E-state index contributed by atoms with van der Waals surface area (Å²) in [7, 11) is -3.34. The number of carbonyl (C=O) groups is 3. The van der Waals surface area contributed by atoms with E-state index < -0.39 is 21.8 Å². The van der Waals surface area contributed by atoms with Crippen molar-refractivity contribution in [2.45, 2.75) is 50.1 Å². The van der Waals surface area contributed by atoms with Crippen LogP contribution in [0, 0.1) is 0 Å². The van der Waals surface area contributed by atoms with Gasteiger partial charge in [0.25, 0.3) is 5.91 Å². The van der Waals surface area contributed by atoms with E-state index in [0.717, 1.165) is 51.7 Å². The molecule has 2 aliphatic heterocycles. The fourth-order valence-corrected chi connectivity index (χ4v) is 7.97. The molecule has 3 amide bonds. The average molecular weight is 880 g/mol. The molecule has 14 nitrogen and oxygen atoms in total. The quantitative estimate of drug-likeness (QED) is 0.0502. The Balaban J connectivity index is 0.792. The number of hydrogen-bond acceptors (Lipinski definition) is 12. The van der Waals surface area contributed by atoms with Crippen LogP contribution in [-0.2, 0) is 40.2 Å². The number of unbranched alkanes of at least 4 members (excludes halogenated alkanes) is 1. The second-order valence-corrected chi connectivity index (χ2v) is 17.3. The van der Waals surface area contributed by atoms with Crippen LogP contribution in [0.3, 0.4) is 0 Å². The van der Waals surface area contributed by atoms with Gasteiger partial charge in [0.05, 0.1) is 51.1 Å². The van der Waals surface area contributed by atoms with E-state index in [4.69, 9.17) is 28.4 Å². The van der Waals surface area contributed by atoms with E-state index in [1.54, 1.807) is 30.3 Å². The standard InChI is InChI=1S/C48H53N3O11S/c1-3-4-22-60-39-14-18-42-34(30-39)8-17-41(33-6-15-40(16-7-33)63(2,55)56)46(42)62-38-12-10-37(11-13-38)61-29-28-59-27-26-58-25-24-57-23-21-49-36-9-5-35-32-51(48(54)43(35)31-36)44-19-20-45(52)50-47(44)53/h5-18,30-31,44,49H,3-4,19-29,32H2,1-2H3,(H,50,52,53). The largest absolute Gasteiger partial charge is 0.494 e. The van der Waals surface area contributed by atoms with Crippen LogP contribution >= 0.6 is 0 Å². The molecule has 0 spiro atoms. The number of amides is 3. The summed E-state index contributed by atoms with van der Waals surface area (Å²) in [6.07, 6.45) is 3.77. The lowest BCUT2D eigenvalue weighted by Gasteiger charge is -2.29. The summed E-state index contributed by atoms with van der Waals surface area (Å²) in [5, 5.41) is 7.44. The van der Waals surface area contributed by atoms with Crippen LogP contribution in [-0.4, -0.2) is 103 Å². The first kappa shape index (κ1) is 45.0. The molecule has 1 fully saturated rings. The van der Waals surface area contributed by atoms with Crippen molar-refractivity contribution in [3.63, 3.8) is 0 Å². The highest BCUT2D eigenvalue weighted by Crippen LogP contribution is 2.41. The number of anilines is 1. The molecule has 5 aromatic carbocycles.